The van der Waals surface area contributed by atoms with Gasteiger partial charge in [0.05, 0.1) is 0 Å². The fourth-order valence-electron chi connectivity index (χ4n) is 2.23. The molecule has 18 heavy (non-hydrogen) atoms. The highest BCUT2D eigenvalue weighted by Crippen LogP contribution is 2.25. The summed E-state index contributed by atoms with van der Waals surface area (Å²) in [4.78, 5) is 25.2. The molecule has 1 aromatic carbocycles. The maximum Gasteiger partial charge on any atom is 0.325 e. The van der Waals surface area contributed by atoms with E-state index >= 15 is 0 Å². The van der Waals surface area contributed by atoms with Crippen molar-refractivity contribution < 1.29 is 9.59 Å². The van der Waals surface area contributed by atoms with Crippen molar-refractivity contribution in [1.82, 2.24) is 10.2 Å². The standard InChI is InChI=1S/C14H18N2O2/c1-3-14(2)12(17)15-13(18)16(14)10-9-11-7-5-4-6-8-11/h4-8H,3,9-10H2,1-2H3,(H,15,17,18). The molecule has 2 rings (SSSR count). The third-order valence-electron chi connectivity index (χ3n) is 3.71. The molecule has 3 amide bonds. The first-order valence-corrected chi connectivity index (χ1v) is 6.25. The minimum Gasteiger partial charge on any atom is -0.310 e. The summed E-state index contributed by atoms with van der Waals surface area (Å²) in [6.45, 7) is 4.30. The number of urea groups is 1. The molecule has 1 aliphatic rings. The lowest BCUT2D eigenvalue weighted by atomic mass is 9.97. The number of rotatable bonds is 4. The summed E-state index contributed by atoms with van der Waals surface area (Å²) in [6.07, 6.45) is 1.39. The molecule has 1 aromatic rings. The Morgan fingerprint density at radius 3 is 2.50 bits per heavy atom. The lowest BCUT2D eigenvalue weighted by Gasteiger charge is -2.30. The molecule has 1 aliphatic heterocycles. The Hall–Kier alpha value is -1.84. The maximum absolute atomic E-state index is 11.8. The Labute approximate surface area is 107 Å². The first kappa shape index (κ1) is 12.6. The SMILES string of the molecule is CCC1(C)C(=O)NC(=O)N1CCc1ccccc1. The second-order valence-corrected chi connectivity index (χ2v) is 4.77. The number of imide groups is 1. The van der Waals surface area contributed by atoms with E-state index in [2.05, 4.69) is 5.32 Å². The van der Waals surface area contributed by atoms with Crippen LogP contribution in [0.1, 0.15) is 25.8 Å². The zero-order chi connectivity index (χ0) is 13.2. The summed E-state index contributed by atoms with van der Waals surface area (Å²) in [5.41, 5.74) is 0.467. The van der Waals surface area contributed by atoms with Gasteiger partial charge in [-0.1, -0.05) is 37.3 Å². The molecule has 0 aromatic heterocycles. The molecule has 0 saturated carbocycles. The van der Waals surface area contributed by atoms with Crippen LogP contribution in [0.15, 0.2) is 30.3 Å². The summed E-state index contributed by atoms with van der Waals surface area (Å²) < 4.78 is 0. The van der Waals surface area contributed by atoms with Gasteiger partial charge in [0.1, 0.15) is 5.54 Å². The lowest BCUT2D eigenvalue weighted by Crippen LogP contribution is -2.47. The number of amides is 3. The van der Waals surface area contributed by atoms with E-state index in [1.165, 1.54) is 5.56 Å². The molecule has 0 radical (unpaired) electrons. The van der Waals surface area contributed by atoms with Crippen molar-refractivity contribution in [2.45, 2.75) is 32.2 Å². The van der Waals surface area contributed by atoms with Gasteiger partial charge in [0.15, 0.2) is 0 Å². The molecule has 1 saturated heterocycles. The molecule has 0 spiro atoms. The van der Waals surface area contributed by atoms with Crippen molar-refractivity contribution in [2.24, 2.45) is 0 Å². The van der Waals surface area contributed by atoms with Crippen molar-refractivity contribution in [1.29, 1.82) is 0 Å². The van der Waals surface area contributed by atoms with Crippen LogP contribution in [-0.2, 0) is 11.2 Å². The molecule has 1 heterocycles. The topological polar surface area (TPSA) is 49.4 Å². The molecule has 4 heteroatoms. The van der Waals surface area contributed by atoms with Gasteiger partial charge in [-0.3, -0.25) is 10.1 Å². The molecule has 4 nitrogen and oxygen atoms in total. The van der Waals surface area contributed by atoms with E-state index in [1.807, 2.05) is 44.2 Å². The Morgan fingerprint density at radius 2 is 1.89 bits per heavy atom. The smallest absolute Gasteiger partial charge is 0.310 e. The first-order chi connectivity index (χ1) is 8.58. The minimum absolute atomic E-state index is 0.192. The highest BCUT2D eigenvalue weighted by Gasteiger charge is 2.47. The fourth-order valence-corrected chi connectivity index (χ4v) is 2.23. The second kappa shape index (κ2) is 4.80. The number of hydrogen-bond acceptors (Lipinski definition) is 2. The van der Waals surface area contributed by atoms with Crippen LogP contribution in [0.4, 0.5) is 4.79 Å². The number of carbonyl (C=O) groups is 2. The van der Waals surface area contributed by atoms with Gasteiger partial charge in [-0.25, -0.2) is 4.79 Å². The number of nitrogens with zero attached hydrogens (tertiary/aromatic N) is 1. The summed E-state index contributed by atoms with van der Waals surface area (Å²) >= 11 is 0. The van der Waals surface area contributed by atoms with Crippen LogP contribution in [0, 0.1) is 0 Å². The number of benzene rings is 1. The van der Waals surface area contributed by atoms with Crippen LogP contribution in [0.25, 0.3) is 0 Å². The van der Waals surface area contributed by atoms with E-state index in [9.17, 15) is 9.59 Å². The van der Waals surface area contributed by atoms with Crippen LogP contribution >= 0.6 is 0 Å². The van der Waals surface area contributed by atoms with Crippen LogP contribution in [0.2, 0.25) is 0 Å². The average Bonchev–Trinajstić information content (AvgIpc) is 2.60. The van der Waals surface area contributed by atoms with Gasteiger partial charge in [0.25, 0.3) is 5.91 Å². The van der Waals surface area contributed by atoms with Crippen LogP contribution in [0.3, 0.4) is 0 Å². The predicted octanol–water partition coefficient (Wildman–Crippen LogP) is 1.95. The largest absolute Gasteiger partial charge is 0.325 e. The molecule has 1 fully saturated rings. The predicted molar refractivity (Wildman–Crippen MR) is 69.1 cm³/mol. The average molecular weight is 246 g/mol. The number of carbonyl (C=O) groups excluding carboxylic acids is 2. The summed E-state index contributed by atoms with van der Waals surface area (Å²) in [6, 6.07) is 9.69. The van der Waals surface area contributed by atoms with Crippen molar-refractivity contribution >= 4 is 11.9 Å². The van der Waals surface area contributed by atoms with E-state index in [0.29, 0.717) is 13.0 Å². The van der Waals surface area contributed by atoms with E-state index < -0.39 is 5.54 Å². The fraction of sp³-hybridized carbons (Fsp3) is 0.429. The minimum atomic E-state index is -0.703. The highest BCUT2D eigenvalue weighted by atomic mass is 16.2. The number of hydrogen-bond donors (Lipinski definition) is 1. The van der Waals surface area contributed by atoms with E-state index in [-0.39, 0.29) is 11.9 Å². The number of nitrogens with one attached hydrogen (secondary N) is 1. The van der Waals surface area contributed by atoms with Crippen molar-refractivity contribution in [3.8, 4) is 0 Å². The third-order valence-corrected chi connectivity index (χ3v) is 3.71. The molecule has 0 bridgehead atoms. The Bertz CT molecular complexity index is 458. The molecular weight excluding hydrogens is 228 g/mol. The monoisotopic (exact) mass is 246 g/mol. The first-order valence-electron chi connectivity index (χ1n) is 6.25. The van der Waals surface area contributed by atoms with Gasteiger partial charge < -0.3 is 4.90 Å². The van der Waals surface area contributed by atoms with Crippen LogP contribution < -0.4 is 5.32 Å². The van der Waals surface area contributed by atoms with Gasteiger partial charge in [-0.15, -0.1) is 0 Å². The molecule has 1 atom stereocenters. The summed E-state index contributed by atoms with van der Waals surface area (Å²) in [5.74, 6) is -0.192. The van der Waals surface area contributed by atoms with Crippen molar-refractivity contribution in [3.63, 3.8) is 0 Å². The summed E-state index contributed by atoms with van der Waals surface area (Å²) in [5, 5.41) is 2.39. The molecule has 0 aliphatic carbocycles. The maximum atomic E-state index is 11.8. The molecule has 96 valence electrons. The van der Waals surface area contributed by atoms with Gasteiger partial charge in [-0.2, -0.15) is 0 Å². The molecular formula is C14H18N2O2. The Balaban J connectivity index is 2.08. The van der Waals surface area contributed by atoms with Crippen molar-refractivity contribution in [3.05, 3.63) is 35.9 Å². The van der Waals surface area contributed by atoms with Crippen LogP contribution in [0.5, 0.6) is 0 Å². The third kappa shape index (κ3) is 2.10. The lowest BCUT2D eigenvalue weighted by molar-refractivity contribution is -0.126. The van der Waals surface area contributed by atoms with Gasteiger partial charge in [0, 0.05) is 6.54 Å². The van der Waals surface area contributed by atoms with E-state index in [1.54, 1.807) is 4.90 Å². The quantitative estimate of drug-likeness (QED) is 0.825. The second-order valence-electron chi connectivity index (χ2n) is 4.77. The molecule has 1 N–H and O–H groups in total. The molecule has 1 unspecified atom stereocenters. The van der Waals surface area contributed by atoms with E-state index in [4.69, 9.17) is 0 Å². The van der Waals surface area contributed by atoms with Gasteiger partial charge in [0.2, 0.25) is 0 Å². The Kier molecular flexibility index (Phi) is 3.36. The normalized spacial score (nSPS) is 23.3. The zero-order valence-electron chi connectivity index (χ0n) is 10.8. The van der Waals surface area contributed by atoms with Crippen LogP contribution in [-0.4, -0.2) is 28.9 Å². The van der Waals surface area contributed by atoms with Gasteiger partial charge in [-0.05, 0) is 25.3 Å². The van der Waals surface area contributed by atoms with Crippen molar-refractivity contribution in [2.75, 3.05) is 6.54 Å². The summed E-state index contributed by atoms with van der Waals surface area (Å²) in [7, 11) is 0. The zero-order valence-corrected chi connectivity index (χ0v) is 10.8. The Morgan fingerprint density at radius 1 is 1.22 bits per heavy atom. The van der Waals surface area contributed by atoms with E-state index in [0.717, 1.165) is 6.42 Å². The highest BCUT2D eigenvalue weighted by molar-refractivity contribution is 6.06. The van der Waals surface area contributed by atoms with Gasteiger partial charge >= 0.3 is 6.03 Å².